The van der Waals surface area contributed by atoms with Crippen molar-refractivity contribution in [2.75, 3.05) is 32.8 Å². The molecule has 0 aliphatic carbocycles. The highest BCUT2D eigenvalue weighted by Crippen LogP contribution is 2.05. The van der Waals surface area contributed by atoms with Crippen molar-refractivity contribution in [3.05, 3.63) is 24.2 Å². The predicted octanol–water partition coefficient (Wildman–Crippen LogP) is 1.14. The number of hydrogen-bond acceptors (Lipinski definition) is 4. The number of furan rings is 1. The van der Waals surface area contributed by atoms with Crippen LogP contribution >= 0.6 is 12.4 Å². The van der Waals surface area contributed by atoms with Gasteiger partial charge < -0.3 is 19.4 Å². The van der Waals surface area contributed by atoms with E-state index < -0.39 is 0 Å². The largest absolute Gasteiger partial charge is 0.472 e. The van der Waals surface area contributed by atoms with E-state index in [0.29, 0.717) is 18.2 Å². The highest BCUT2D eigenvalue weighted by Gasteiger charge is 2.17. The number of piperazine rings is 1. The van der Waals surface area contributed by atoms with Gasteiger partial charge in [-0.1, -0.05) is 0 Å². The zero-order chi connectivity index (χ0) is 12.8. The molecule has 19 heavy (non-hydrogen) atoms. The fourth-order valence-corrected chi connectivity index (χ4v) is 1.72. The summed E-state index contributed by atoms with van der Waals surface area (Å²) in [5.41, 5.74) is 0.433. The lowest BCUT2D eigenvalue weighted by Crippen LogP contribution is -2.47. The lowest BCUT2D eigenvalue weighted by atomic mass is 10.3. The number of hydrogen-bond donors (Lipinski definition) is 1. The molecule has 1 aromatic rings. The van der Waals surface area contributed by atoms with Gasteiger partial charge in [-0.25, -0.2) is 0 Å². The smallest absolute Gasteiger partial charge is 0.295 e. The molecule has 0 unspecified atom stereocenters. The Labute approximate surface area is 118 Å². The summed E-state index contributed by atoms with van der Waals surface area (Å²) < 4.78 is 10.3. The van der Waals surface area contributed by atoms with E-state index in [4.69, 9.17) is 9.15 Å². The molecule has 1 aliphatic rings. The van der Waals surface area contributed by atoms with Crippen molar-refractivity contribution in [2.45, 2.75) is 6.92 Å². The summed E-state index contributed by atoms with van der Waals surface area (Å²) >= 11 is 0. The Hall–Kier alpha value is -1.53. The molecule has 0 saturated carbocycles. The fourth-order valence-electron chi connectivity index (χ4n) is 1.72. The van der Waals surface area contributed by atoms with Gasteiger partial charge in [0.05, 0.1) is 18.4 Å². The minimum Gasteiger partial charge on any atom is -0.472 e. The first-order valence-corrected chi connectivity index (χ1v) is 6.05. The third-order valence-electron chi connectivity index (χ3n) is 2.63. The van der Waals surface area contributed by atoms with Crippen LogP contribution in [0.15, 0.2) is 28.0 Å². The van der Waals surface area contributed by atoms with E-state index in [1.165, 1.54) is 12.5 Å². The van der Waals surface area contributed by atoms with Crippen LogP contribution in [0.4, 0.5) is 0 Å². The first-order valence-electron chi connectivity index (χ1n) is 6.05. The van der Waals surface area contributed by atoms with Crippen molar-refractivity contribution in [1.82, 2.24) is 10.2 Å². The molecule has 2 heterocycles. The van der Waals surface area contributed by atoms with Crippen LogP contribution in [0.2, 0.25) is 0 Å². The van der Waals surface area contributed by atoms with Gasteiger partial charge >= 0.3 is 0 Å². The zero-order valence-corrected chi connectivity index (χ0v) is 11.6. The van der Waals surface area contributed by atoms with Gasteiger partial charge in [-0.2, -0.15) is 4.99 Å². The Bertz CT molecular complexity index is 414. The molecule has 1 saturated heterocycles. The number of nitrogens with one attached hydrogen (secondary N) is 1. The summed E-state index contributed by atoms with van der Waals surface area (Å²) in [5, 5.41) is 3.24. The lowest BCUT2D eigenvalue weighted by Gasteiger charge is -2.29. The molecule has 1 N–H and O–H groups in total. The number of carbonyl (C=O) groups is 1. The highest BCUT2D eigenvalue weighted by atomic mass is 35.5. The van der Waals surface area contributed by atoms with Crippen molar-refractivity contribution >= 4 is 24.3 Å². The Morgan fingerprint density at radius 1 is 1.53 bits per heavy atom. The Morgan fingerprint density at radius 3 is 2.84 bits per heavy atom. The van der Waals surface area contributed by atoms with E-state index in [2.05, 4.69) is 10.3 Å². The Kier molecular flexibility index (Phi) is 6.38. The molecule has 0 aromatic carbocycles. The molecular weight excluding hydrogens is 270 g/mol. The highest BCUT2D eigenvalue weighted by molar-refractivity contribution is 6.01. The Morgan fingerprint density at radius 2 is 2.26 bits per heavy atom. The second kappa shape index (κ2) is 7.81. The molecule has 6 nitrogen and oxygen atoms in total. The predicted molar refractivity (Wildman–Crippen MR) is 73.8 cm³/mol. The summed E-state index contributed by atoms with van der Waals surface area (Å²) in [6.07, 6.45) is 2.83. The number of ether oxygens (including phenoxy) is 1. The van der Waals surface area contributed by atoms with Crippen LogP contribution < -0.4 is 5.32 Å². The minimum atomic E-state index is -0.342. The molecule has 1 aliphatic heterocycles. The fraction of sp³-hybridized carbons (Fsp3) is 0.500. The average molecular weight is 288 g/mol. The molecule has 0 spiro atoms. The maximum Gasteiger partial charge on any atom is 0.295 e. The van der Waals surface area contributed by atoms with E-state index in [1.54, 1.807) is 6.07 Å². The second-order valence-corrected chi connectivity index (χ2v) is 3.88. The van der Waals surface area contributed by atoms with Gasteiger partial charge in [-0.05, 0) is 13.0 Å². The molecule has 1 fully saturated rings. The van der Waals surface area contributed by atoms with Crippen molar-refractivity contribution < 1.29 is 13.9 Å². The number of amides is 1. The van der Waals surface area contributed by atoms with Crippen LogP contribution in [-0.2, 0) is 4.74 Å². The van der Waals surface area contributed by atoms with E-state index in [0.717, 1.165) is 26.2 Å². The number of halogens is 1. The summed E-state index contributed by atoms with van der Waals surface area (Å²) in [6, 6.07) is 1.98. The summed E-state index contributed by atoms with van der Waals surface area (Å²) in [6.45, 7) is 5.68. The number of rotatable bonds is 2. The van der Waals surface area contributed by atoms with E-state index in [-0.39, 0.29) is 18.3 Å². The monoisotopic (exact) mass is 287 g/mol. The molecule has 106 valence electrons. The SMILES string of the molecule is CCOC(=NC(=O)c1ccoc1)N1CCNCC1.Cl. The first kappa shape index (κ1) is 15.5. The molecule has 0 bridgehead atoms. The van der Waals surface area contributed by atoms with Crippen molar-refractivity contribution in [2.24, 2.45) is 4.99 Å². The van der Waals surface area contributed by atoms with Crippen LogP contribution in [0.1, 0.15) is 17.3 Å². The third kappa shape index (κ3) is 4.25. The maximum atomic E-state index is 11.9. The Balaban J connectivity index is 0.00000180. The molecule has 0 radical (unpaired) electrons. The summed E-state index contributed by atoms with van der Waals surface area (Å²) in [7, 11) is 0. The zero-order valence-electron chi connectivity index (χ0n) is 10.8. The van der Waals surface area contributed by atoms with Gasteiger partial charge in [-0.3, -0.25) is 4.79 Å². The second-order valence-electron chi connectivity index (χ2n) is 3.88. The van der Waals surface area contributed by atoms with Crippen LogP contribution in [0.3, 0.4) is 0 Å². The standard InChI is InChI=1S/C12H17N3O3.ClH/c1-2-18-12(15-6-4-13-5-7-15)14-11(16)10-3-8-17-9-10;/h3,8-9,13H,2,4-7H2,1H3;1H. The minimum absolute atomic E-state index is 0. The van der Waals surface area contributed by atoms with Gasteiger partial charge in [0, 0.05) is 26.2 Å². The van der Waals surface area contributed by atoms with Gasteiger partial charge in [0.15, 0.2) is 0 Å². The number of nitrogens with zero attached hydrogens (tertiary/aromatic N) is 2. The van der Waals surface area contributed by atoms with Gasteiger partial charge in [0.2, 0.25) is 0 Å². The molecule has 2 rings (SSSR count). The molecule has 1 amide bonds. The summed E-state index contributed by atoms with van der Waals surface area (Å²) in [5.74, 6) is -0.342. The van der Waals surface area contributed by atoms with Crippen molar-refractivity contribution in [1.29, 1.82) is 0 Å². The molecule has 7 heteroatoms. The van der Waals surface area contributed by atoms with Crippen molar-refractivity contribution in [3.8, 4) is 0 Å². The molecule has 1 aromatic heterocycles. The quantitative estimate of drug-likeness (QED) is 0.653. The van der Waals surface area contributed by atoms with E-state index in [9.17, 15) is 4.79 Å². The van der Waals surface area contributed by atoms with Crippen LogP contribution in [0.25, 0.3) is 0 Å². The summed E-state index contributed by atoms with van der Waals surface area (Å²) in [4.78, 5) is 17.9. The van der Waals surface area contributed by atoms with Crippen LogP contribution in [-0.4, -0.2) is 49.6 Å². The molecule has 0 atom stereocenters. The van der Waals surface area contributed by atoms with Crippen LogP contribution in [0.5, 0.6) is 0 Å². The first-order chi connectivity index (χ1) is 8.81. The third-order valence-corrected chi connectivity index (χ3v) is 2.63. The average Bonchev–Trinajstić information content (AvgIpc) is 2.93. The van der Waals surface area contributed by atoms with Gasteiger partial charge in [0.25, 0.3) is 11.9 Å². The topological polar surface area (TPSA) is 67.1 Å². The number of aliphatic imine (C=N–C) groups is 1. The van der Waals surface area contributed by atoms with Gasteiger partial charge in [-0.15, -0.1) is 12.4 Å². The number of amidine groups is 1. The van der Waals surface area contributed by atoms with Crippen LogP contribution in [0, 0.1) is 0 Å². The van der Waals surface area contributed by atoms with Gasteiger partial charge in [0.1, 0.15) is 6.26 Å². The number of carbonyl (C=O) groups excluding carboxylic acids is 1. The lowest BCUT2D eigenvalue weighted by molar-refractivity contribution is 0.0992. The normalized spacial score (nSPS) is 15.8. The maximum absolute atomic E-state index is 11.9. The van der Waals surface area contributed by atoms with Crippen molar-refractivity contribution in [3.63, 3.8) is 0 Å². The van der Waals surface area contributed by atoms with E-state index >= 15 is 0 Å². The molecular formula is C12H18ClN3O3. The van der Waals surface area contributed by atoms with E-state index in [1.807, 2.05) is 11.8 Å².